The minimum absolute atomic E-state index is 0.0801. The Kier molecular flexibility index (Phi) is 3.79. The molecular weight excluding hydrogens is 219 g/mol. The van der Waals surface area contributed by atoms with Gasteiger partial charge in [-0.2, -0.15) is 0 Å². The van der Waals surface area contributed by atoms with E-state index in [1.54, 1.807) is 13.2 Å². The third kappa shape index (κ3) is 2.50. The van der Waals surface area contributed by atoms with Gasteiger partial charge in [0.1, 0.15) is 0 Å². The molecule has 1 aromatic rings. The van der Waals surface area contributed by atoms with Crippen LogP contribution >= 0.6 is 0 Å². The van der Waals surface area contributed by atoms with Gasteiger partial charge in [-0.3, -0.25) is 0 Å². The molecule has 0 N–H and O–H groups in total. The Morgan fingerprint density at radius 2 is 2.12 bits per heavy atom. The summed E-state index contributed by atoms with van der Waals surface area (Å²) in [6.07, 6.45) is 5.37. The van der Waals surface area contributed by atoms with Gasteiger partial charge in [0, 0.05) is 7.11 Å². The Morgan fingerprint density at radius 1 is 1.29 bits per heavy atom. The first-order chi connectivity index (χ1) is 8.26. The first-order valence-electron chi connectivity index (χ1n) is 5.83. The lowest BCUT2D eigenvalue weighted by atomic mass is 9.91. The molecule has 0 radical (unpaired) electrons. The predicted octanol–water partition coefficient (Wildman–Crippen LogP) is 3.42. The fourth-order valence-electron chi connectivity index (χ4n) is 2.24. The van der Waals surface area contributed by atoms with Gasteiger partial charge in [-0.25, -0.2) is 4.39 Å². The average molecular weight is 236 g/mol. The highest BCUT2D eigenvalue weighted by Gasteiger charge is 2.19. The molecule has 17 heavy (non-hydrogen) atoms. The van der Waals surface area contributed by atoms with Gasteiger partial charge in [-0.1, -0.05) is 12.1 Å². The van der Waals surface area contributed by atoms with Crippen LogP contribution < -0.4 is 4.74 Å². The molecule has 0 unspecified atom stereocenters. The van der Waals surface area contributed by atoms with Crippen LogP contribution in [0.3, 0.4) is 0 Å². The van der Waals surface area contributed by atoms with Gasteiger partial charge in [0.25, 0.3) is 0 Å². The molecule has 0 spiro atoms. The Bertz CT molecular complexity index is 426. The van der Waals surface area contributed by atoms with Crippen LogP contribution in [0, 0.1) is 5.82 Å². The normalized spacial score (nSPS) is 19.9. The van der Waals surface area contributed by atoms with Crippen LogP contribution in [0.5, 0.6) is 5.75 Å². The highest BCUT2D eigenvalue weighted by atomic mass is 19.1. The Hall–Kier alpha value is -1.35. The molecule has 3 heteroatoms. The maximum atomic E-state index is 13.6. The van der Waals surface area contributed by atoms with Crippen molar-refractivity contribution >= 4 is 5.57 Å². The van der Waals surface area contributed by atoms with E-state index in [1.807, 2.05) is 6.07 Å². The molecule has 0 aromatic heterocycles. The predicted molar refractivity (Wildman–Crippen MR) is 65.6 cm³/mol. The number of hydrogen-bond acceptors (Lipinski definition) is 2. The van der Waals surface area contributed by atoms with Crippen molar-refractivity contribution in [2.24, 2.45) is 0 Å². The van der Waals surface area contributed by atoms with Crippen LogP contribution in [-0.2, 0) is 4.74 Å². The van der Waals surface area contributed by atoms with Gasteiger partial charge in [0.05, 0.1) is 13.2 Å². The zero-order valence-corrected chi connectivity index (χ0v) is 10.2. The summed E-state index contributed by atoms with van der Waals surface area (Å²) in [4.78, 5) is 0. The third-order valence-electron chi connectivity index (χ3n) is 3.15. The summed E-state index contributed by atoms with van der Waals surface area (Å²) in [5, 5.41) is 0. The lowest BCUT2D eigenvalue weighted by Crippen LogP contribution is -2.16. The van der Waals surface area contributed by atoms with Crippen molar-refractivity contribution in [3.8, 4) is 5.75 Å². The quantitative estimate of drug-likeness (QED) is 0.800. The molecule has 92 valence electrons. The second kappa shape index (κ2) is 5.32. The monoisotopic (exact) mass is 236 g/mol. The van der Waals surface area contributed by atoms with E-state index in [2.05, 4.69) is 6.08 Å². The first-order valence-corrected chi connectivity index (χ1v) is 5.83. The summed E-state index contributed by atoms with van der Waals surface area (Å²) in [5.41, 5.74) is 1.97. The average Bonchev–Trinajstić information content (AvgIpc) is 2.38. The van der Waals surface area contributed by atoms with Gasteiger partial charge in [0.2, 0.25) is 0 Å². The first kappa shape index (κ1) is 12.1. The van der Waals surface area contributed by atoms with E-state index in [4.69, 9.17) is 9.47 Å². The van der Waals surface area contributed by atoms with Crippen molar-refractivity contribution in [1.82, 2.24) is 0 Å². The highest BCUT2D eigenvalue weighted by molar-refractivity contribution is 5.70. The molecule has 0 fully saturated rings. The molecule has 1 aliphatic rings. The third-order valence-corrected chi connectivity index (χ3v) is 3.15. The van der Waals surface area contributed by atoms with Gasteiger partial charge in [-0.05, 0) is 42.5 Å². The highest BCUT2D eigenvalue weighted by Crippen LogP contribution is 2.31. The molecule has 0 saturated carbocycles. The summed E-state index contributed by atoms with van der Waals surface area (Å²) >= 11 is 0. The smallest absolute Gasteiger partial charge is 0.165 e. The van der Waals surface area contributed by atoms with Crippen LogP contribution in [0.4, 0.5) is 4.39 Å². The number of benzene rings is 1. The number of rotatable bonds is 3. The molecule has 0 aliphatic heterocycles. The summed E-state index contributed by atoms with van der Waals surface area (Å²) in [6.45, 7) is 0. The summed E-state index contributed by atoms with van der Waals surface area (Å²) in [5.74, 6) is -0.0505. The molecule has 2 rings (SSSR count). The van der Waals surface area contributed by atoms with Gasteiger partial charge in [0.15, 0.2) is 11.6 Å². The van der Waals surface area contributed by atoms with Gasteiger partial charge >= 0.3 is 0 Å². The minimum Gasteiger partial charge on any atom is -0.494 e. The summed E-state index contributed by atoms with van der Waals surface area (Å²) < 4.78 is 24.0. The topological polar surface area (TPSA) is 18.5 Å². The van der Waals surface area contributed by atoms with Crippen LogP contribution in [-0.4, -0.2) is 20.3 Å². The fraction of sp³-hybridized carbons (Fsp3) is 0.429. The molecular formula is C14H17FO2. The van der Waals surface area contributed by atoms with E-state index in [1.165, 1.54) is 13.2 Å². The van der Waals surface area contributed by atoms with Crippen molar-refractivity contribution in [2.45, 2.75) is 25.4 Å². The van der Waals surface area contributed by atoms with Crippen LogP contribution in [0.25, 0.3) is 5.57 Å². The molecule has 0 bridgehead atoms. The Morgan fingerprint density at radius 3 is 2.76 bits per heavy atom. The van der Waals surface area contributed by atoms with Crippen molar-refractivity contribution in [2.75, 3.05) is 14.2 Å². The number of allylic oxidation sites excluding steroid dienone is 1. The zero-order valence-electron chi connectivity index (χ0n) is 10.2. The Balaban J connectivity index is 2.33. The van der Waals surface area contributed by atoms with Crippen LogP contribution in [0.15, 0.2) is 24.3 Å². The van der Waals surface area contributed by atoms with Crippen molar-refractivity contribution in [3.05, 3.63) is 35.7 Å². The molecule has 1 aromatic carbocycles. The maximum Gasteiger partial charge on any atom is 0.165 e. The van der Waals surface area contributed by atoms with E-state index in [9.17, 15) is 4.39 Å². The molecule has 1 aliphatic carbocycles. The van der Waals surface area contributed by atoms with Crippen molar-refractivity contribution in [3.63, 3.8) is 0 Å². The number of hydrogen-bond donors (Lipinski definition) is 0. The SMILES string of the molecule is COc1ccc(C2=CCCC[C@@H]2OC)cc1F. The molecule has 0 heterocycles. The largest absolute Gasteiger partial charge is 0.494 e. The molecule has 2 nitrogen and oxygen atoms in total. The lowest BCUT2D eigenvalue weighted by Gasteiger charge is -2.23. The van der Waals surface area contributed by atoms with Gasteiger partial charge < -0.3 is 9.47 Å². The second-order valence-electron chi connectivity index (χ2n) is 4.16. The number of ether oxygens (including phenoxy) is 2. The van der Waals surface area contributed by atoms with Crippen LogP contribution in [0.1, 0.15) is 24.8 Å². The molecule has 0 amide bonds. The zero-order chi connectivity index (χ0) is 12.3. The van der Waals surface area contributed by atoms with Crippen molar-refractivity contribution in [1.29, 1.82) is 0 Å². The lowest BCUT2D eigenvalue weighted by molar-refractivity contribution is 0.136. The van der Waals surface area contributed by atoms with E-state index in [0.717, 1.165) is 30.4 Å². The number of halogens is 1. The molecule has 1 atom stereocenters. The summed E-state index contributed by atoms with van der Waals surface area (Å²) in [6, 6.07) is 5.06. The summed E-state index contributed by atoms with van der Waals surface area (Å²) in [7, 11) is 3.17. The van der Waals surface area contributed by atoms with E-state index >= 15 is 0 Å². The minimum atomic E-state index is -0.327. The van der Waals surface area contributed by atoms with E-state index in [0.29, 0.717) is 0 Å². The maximum absolute atomic E-state index is 13.6. The molecule has 0 saturated heterocycles. The van der Waals surface area contributed by atoms with E-state index < -0.39 is 0 Å². The standard InChI is InChI=1S/C14H17FO2/c1-16-13-6-4-3-5-11(13)10-7-8-14(17-2)12(15)9-10/h5,7-9,13H,3-4,6H2,1-2H3/t13-/m0/s1. The van der Waals surface area contributed by atoms with Gasteiger partial charge in [-0.15, -0.1) is 0 Å². The second-order valence-corrected chi connectivity index (χ2v) is 4.16. The fourth-order valence-corrected chi connectivity index (χ4v) is 2.24. The Labute approximate surface area is 101 Å². The number of methoxy groups -OCH3 is 2. The van der Waals surface area contributed by atoms with Crippen molar-refractivity contribution < 1.29 is 13.9 Å². The van der Waals surface area contributed by atoms with Crippen LogP contribution in [0.2, 0.25) is 0 Å². The van der Waals surface area contributed by atoms with E-state index in [-0.39, 0.29) is 17.7 Å².